The Labute approximate surface area is 194 Å². The lowest BCUT2D eigenvalue weighted by molar-refractivity contribution is 0.712. The molecular weight excluding hydrogens is 462 g/mol. The Morgan fingerprint density at radius 2 is 1.53 bits per heavy atom. The summed E-state index contributed by atoms with van der Waals surface area (Å²) in [5.41, 5.74) is 2.72. The molecule has 0 saturated heterocycles. The van der Waals surface area contributed by atoms with Crippen LogP contribution in [0.5, 0.6) is 0 Å². The number of benzene rings is 2. The highest BCUT2D eigenvalue weighted by Crippen LogP contribution is 2.29. The first kappa shape index (κ1) is 20.9. The Hall–Kier alpha value is -2.37. The van der Waals surface area contributed by atoms with Crippen LogP contribution in [0.15, 0.2) is 83.2 Å². The molecule has 2 heterocycles. The zero-order valence-electron chi connectivity index (χ0n) is 15.4. The van der Waals surface area contributed by atoms with Crippen LogP contribution in [0.2, 0.25) is 20.1 Å². The summed E-state index contributed by atoms with van der Waals surface area (Å²) >= 11 is 25.3. The van der Waals surface area contributed by atoms with Gasteiger partial charge in [-0.05, 0) is 42.5 Å². The lowest BCUT2D eigenvalue weighted by atomic mass is 10.1. The van der Waals surface area contributed by atoms with Crippen LogP contribution < -0.4 is 4.90 Å². The van der Waals surface area contributed by atoms with Gasteiger partial charge in [0.25, 0.3) is 0 Å². The Kier molecular flexibility index (Phi) is 6.40. The van der Waals surface area contributed by atoms with Gasteiger partial charge < -0.3 is 4.90 Å². The fourth-order valence-corrected chi connectivity index (χ4v) is 4.04. The number of halogens is 4. The molecule has 1 atom stereocenters. The van der Waals surface area contributed by atoms with Crippen molar-refractivity contribution in [2.45, 2.75) is 6.29 Å². The Bertz CT molecular complexity index is 1120. The highest BCUT2D eigenvalue weighted by molar-refractivity contribution is 6.41. The molecule has 150 valence electrons. The van der Waals surface area contributed by atoms with Gasteiger partial charge in [0.05, 0.1) is 37.7 Å². The Morgan fingerprint density at radius 3 is 2.17 bits per heavy atom. The molecular formula is C22H14Cl4N4. The fourth-order valence-electron chi connectivity index (χ4n) is 2.95. The molecule has 0 amide bonds. The standard InChI is InChI=1S/C22H14Cl4N4/c23-16-5-1-6-17(24)15(16)13-28-22-29-20(21-18(25)7-2-8-19(21)26)9-11-30(22)14-4-3-10-27-12-14/h1-13,22H. The van der Waals surface area contributed by atoms with Crippen LogP contribution in [-0.4, -0.2) is 23.2 Å². The maximum atomic E-state index is 6.38. The van der Waals surface area contributed by atoms with Crippen LogP contribution >= 0.6 is 46.4 Å². The summed E-state index contributed by atoms with van der Waals surface area (Å²) in [6, 6.07) is 14.4. The molecule has 0 spiro atoms. The van der Waals surface area contributed by atoms with Crippen molar-refractivity contribution in [1.29, 1.82) is 0 Å². The Balaban J connectivity index is 1.77. The van der Waals surface area contributed by atoms with E-state index in [0.29, 0.717) is 36.9 Å². The minimum atomic E-state index is -0.631. The van der Waals surface area contributed by atoms with Gasteiger partial charge in [0.1, 0.15) is 0 Å². The van der Waals surface area contributed by atoms with Gasteiger partial charge in [0.2, 0.25) is 6.29 Å². The molecule has 2 aromatic carbocycles. The number of pyridine rings is 1. The van der Waals surface area contributed by atoms with Crippen molar-refractivity contribution in [2.75, 3.05) is 4.90 Å². The number of rotatable bonds is 4. The number of hydrogen-bond acceptors (Lipinski definition) is 4. The van der Waals surface area contributed by atoms with Crippen molar-refractivity contribution in [3.8, 4) is 0 Å². The minimum Gasteiger partial charge on any atom is -0.306 e. The van der Waals surface area contributed by atoms with Crippen molar-refractivity contribution in [1.82, 2.24) is 4.98 Å². The molecule has 8 heteroatoms. The lowest BCUT2D eigenvalue weighted by Crippen LogP contribution is -2.32. The molecule has 1 aromatic heterocycles. The maximum Gasteiger partial charge on any atom is 0.220 e. The van der Waals surface area contributed by atoms with Crippen molar-refractivity contribution in [3.05, 3.63) is 104 Å². The summed E-state index contributed by atoms with van der Waals surface area (Å²) in [6.45, 7) is 0. The molecule has 3 aromatic rings. The second kappa shape index (κ2) is 9.19. The van der Waals surface area contributed by atoms with Crippen LogP contribution in [0, 0.1) is 0 Å². The highest BCUT2D eigenvalue weighted by Gasteiger charge is 2.22. The van der Waals surface area contributed by atoms with Crippen molar-refractivity contribution in [2.24, 2.45) is 9.98 Å². The molecule has 4 rings (SSSR count). The third kappa shape index (κ3) is 4.37. The van der Waals surface area contributed by atoms with E-state index in [2.05, 4.69) is 9.98 Å². The van der Waals surface area contributed by atoms with Crippen LogP contribution in [0.3, 0.4) is 0 Å². The van der Waals surface area contributed by atoms with Crippen LogP contribution in [-0.2, 0) is 0 Å². The van der Waals surface area contributed by atoms with Crippen molar-refractivity contribution < 1.29 is 0 Å². The topological polar surface area (TPSA) is 40.9 Å². The van der Waals surface area contributed by atoms with Gasteiger partial charge in [-0.1, -0.05) is 58.5 Å². The zero-order chi connectivity index (χ0) is 21.1. The van der Waals surface area contributed by atoms with E-state index in [4.69, 9.17) is 51.4 Å². The van der Waals surface area contributed by atoms with Gasteiger partial charge >= 0.3 is 0 Å². The number of aliphatic imine (C=N–C) groups is 2. The predicted octanol–water partition coefficient (Wildman–Crippen LogP) is 6.92. The van der Waals surface area contributed by atoms with Gasteiger partial charge in [0.15, 0.2) is 0 Å². The van der Waals surface area contributed by atoms with Gasteiger partial charge in [-0.15, -0.1) is 0 Å². The normalized spacial score (nSPS) is 16.2. The summed E-state index contributed by atoms with van der Waals surface area (Å²) < 4.78 is 0. The first-order chi connectivity index (χ1) is 14.5. The van der Waals surface area contributed by atoms with E-state index in [1.165, 1.54) is 0 Å². The van der Waals surface area contributed by atoms with Gasteiger partial charge in [0, 0.05) is 29.7 Å². The third-order valence-electron chi connectivity index (χ3n) is 4.40. The molecule has 1 aliphatic heterocycles. The quantitative estimate of drug-likeness (QED) is 0.384. The average molecular weight is 476 g/mol. The predicted molar refractivity (Wildman–Crippen MR) is 127 cm³/mol. The van der Waals surface area contributed by atoms with E-state index >= 15 is 0 Å². The molecule has 1 aliphatic rings. The molecule has 0 aliphatic carbocycles. The van der Waals surface area contributed by atoms with Crippen molar-refractivity contribution in [3.63, 3.8) is 0 Å². The first-order valence-corrected chi connectivity index (χ1v) is 10.4. The van der Waals surface area contributed by atoms with E-state index in [-0.39, 0.29) is 0 Å². The average Bonchev–Trinajstić information content (AvgIpc) is 2.74. The second-order valence-corrected chi connectivity index (χ2v) is 7.93. The molecule has 4 nitrogen and oxygen atoms in total. The highest BCUT2D eigenvalue weighted by atomic mass is 35.5. The van der Waals surface area contributed by atoms with Crippen LogP contribution in [0.1, 0.15) is 11.1 Å². The molecule has 1 unspecified atom stereocenters. The van der Waals surface area contributed by atoms with Gasteiger partial charge in [-0.3, -0.25) is 4.98 Å². The van der Waals surface area contributed by atoms with E-state index < -0.39 is 6.29 Å². The smallest absolute Gasteiger partial charge is 0.220 e. The molecule has 30 heavy (non-hydrogen) atoms. The zero-order valence-corrected chi connectivity index (χ0v) is 18.4. The van der Waals surface area contributed by atoms with E-state index in [0.717, 1.165) is 5.69 Å². The van der Waals surface area contributed by atoms with Gasteiger partial charge in [-0.2, -0.15) is 0 Å². The minimum absolute atomic E-state index is 0.504. The molecule has 0 N–H and O–H groups in total. The van der Waals surface area contributed by atoms with E-state index in [9.17, 15) is 0 Å². The summed E-state index contributed by atoms with van der Waals surface area (Å²) in [5.74, 6) is 0. The monoisotopic (exact) mass is 474 g/mol. The lowest BCUT2D eigenvalue weighted by Gasteiger charge is -2.28. The summed E-state index contributed by atoms with van der Waals surface area (Å²) in [6.07, 6.45) is 8.14. The Morgan fingerprint density at radius 1 is 0.867 bits per heavy atom. The number of hydrogen-bond donors (Lipinski definition) is 0. The number of allylic oxidation sites excluding steroid dienone is 1. The molecule has 0 saturated carbocycles. The molecule has 0 fully saturated rings. The first-order valence-electron chi connectivity index (χ1n) is 8.90. The molecule has 0 radical (unpaired) electrons. The SMILES string of the molecule is Clc1cccc(Cl)c1C=NC1N=C(c2c(Cl)cccc2Cl)C=CN1c1cccnc1. The van der Waals surface area contributed by atoms with Crippen molar-refractivity contribution >= 4 is 64.0 Å². The third-order valence-corrected chi connectivity index (χ3v) is 5.69. The number of anilines is 1. The largest absolute Gasteiger partial charge is 0.306 e. The van der Waals surface area contributed by atoms with Gasteiger partial charge in [-0.25, -0.2) is 9.98 Å². The molecule has 0 bridgehead atoms. The summed E-state index contributed by atoms with van der Waals surface area (Å²) in [7, 11) is 0. The van der Waals surface area contributed by atoms with E-state index in [1.807, 2.05) is 29.3 Å². The summed E-state index contributed by atoms with van der Waals surface area (Å²) in [5, 5.41) is 2.03. The number of aromatic nitrogens is 1. The van der Waals surface area contributed by atoms with Crippen LogP contribution in [0.4, 0.5) is 5.69 Å². The second-order valence-electron chi connectivity index (χ2n) is 6.31. The van der Waals surface area contributed by atoms with E-state index in [1.54, 1.807) is 55.0 Å². The maximum absolute atomic E-state index is 6.38. The van der Waals surface area contributed by atoms with Crippen LogP contribution in [0.25, 0.3) is 0 Å². The number of nitrogens with zero attached hydrogens (tertiary/aromatic N) is 4. The summed E-state index contributed by atoms with van der Waals surface area (Å²) in [4.78, 5) is 15.5. The fraction of sp³-hybridized carbons (Fsp3) is 0.0455.